The molecule has 26 heavy (non-hydrogen) atoms. The number of pyridine rings is 1. The molecule has 1 fully saturated rings. The van der Waals surface area contributed by atoms with Crippen LogP contribution >= 0.6 is 0 Å². The summed E-state index contributed by atoms with van der Waals surface area (Å²) in [7, 11) is -3.29. The van der Waals surface area contributed by atoms with Crippen LogP contribution in [0.25, 0.3) is 11.0 Å². The van der Waals surface area contributed by atoms with Gasteiger partial charge in [0.2, 0.25) is 10.0 Å². The molecule has 0 radical (unpaired) electrons. The van der Waals surface area contributed by atoms with Gasteiger partial charge in [-0.1, -0.05) is 0 Å². The van der Waals surface area contributed by atoms with Gasteiger partial charge in [-0.3, -0.25) is 0 Å². The molecule has 0 aromatic carbocycles. The normalized spacial score (nSPS) is 22.2. The first-order chi connectivity index (χ1) is 12.1. The van der Waals surface area contributed by atoms with Crippen LogP contribution in [0.5, 0.6) is 0 Å². The zero-order valence-electron chi connectivity index (χ0n) is 14.6. The van der Waals surface area contributed by atoms with Crippen molar-refractivity contribution in [3.8, 4) is 0 Å². The Balaban J connectivity index is 1.70. The Kier molecular flexibility index (Phi) is 5.04. The number of sulfonamides is 1. The maximum atomic E-state index is 12.8. The molecule has 1 aliphatic rings. The zero-order chi connectivity index (χ0) is 19.1. The highest BCUT2D eigenvalue weighted by Gasteiger charge is 2.33. The fraction of sp³-hybridized carbons (Fsp3) is 0.588. The lowest BCUT2D eigenvalue weighted by Gasteiger charge is -2.29. The summed E-state index contributed by atoms with van der Waals surface area (Å²) in [5, 5.41) is -0.470. The van der Waals surface area contributed by atoms with Crippen LogP contribution in [-0.4, -0.2) is 29.7 Å². The van der Waals surface area contributed by atoms with Crippen LogP contribution in [0.1, 0.15) is 56.8 Å². The standard InChI is InChI=1S/C17H22F3N3O2S/c1-10(2)26(24,25)23-12-5-3-11(4-6-12)14-9-15-13(21-14)7-8-16(22-15)17(18,19)20/h7-12,21,23H,3-6H2,1-2H3/t11-,12-. The van der Waals surface area contributed by atoms with Gasteiger partial charge in [0.1, 0.15) is 5.69 Å². The van der Waals surface area contributed by atoms with Crippen molar-refractivity contribution in [1.82, 2.24) is 14.7 Å². The van der Waals surface area contributed by atoms with E-state index in [1.807, 2.05) is 0 Å². The molecular weight excluding hydrogens is 367 g/mol. The van der Waals surface area contributed by atoms with E-state index in [-0.39, 0.29) is 12.0 Å². The molecule has 0 aliphatic heterocycles. The van der Waals surface area contributed by atoms with Crippen molar-refractivity contribution in [3.05, 3.63) is 29.6 Å². The summed E-state index contributed by atoms with van der Waals surface area (Å²) < 4.78 is 65.0. The smallest absolute Gasteiger partial charge is 0.357 e. The van der Waals surface area contributed by atoms with E-state index in [0.717, 1.165) is 24.6 Å². The van der Waals surface area contributed by atoms with Gasteiger partial charge < -0.3 is 4.98 Å². The van der Waals surface area contributed by atoms with E-state index >= 15 is 0 Å². The Bertz CT molecular complexity index is 882. The van der Waals surface area contributed by atoms with Crippen LogP contribution in [0.3, 0.4) is 0 Å². The minimum Gasteiger partial charge on any atom is -0.357 e. The van der Waals surface area contributed by atoms with E-state index in [2.05, 4.69) is 14.7 Å². The van der Waals surface area contributed by atoms with Gasteiger partial charge in [-0.15, -0.1) is 0 Å². The zero-order valence-corrected chi connectivity index (χ0v) is 15.4. The highest BCUT2D eigenvalue weighted by molar-refractivity contribution is 7.90. The minimum atomic E-state index is -4.46. The average molecular weight is 389 g/mol. The molecule has 0 saturated heterocycles. The summed E-state index contributed by atoms with van der Waals surface area (Å²) >= 11 is 0. The molecule has 2 aromatic rings. The Morgan fingerprint density at radius 2 is 1.85 bits per heavy atom. The van der Waals surface area contributed by atoms with E-state index in [1.54, 1.807) is 19.9 Å². The Hall–Kier alpha value is -1.61. The van der Waals surface area contributed by atoms with Crippen LogP contribution in [0, 0.1) is 0 Å². The molecule has 2 N–H and O–H groups in total. The molecule has 0 unspecified atom stereocenters. The Morgan fingerprint density at radius 1 is 1.19 bits per heavy atom. The summed E-state index contributed by atoms with van der Waals surface area (Å²) in [6, 6.07) is 3.96. The second kappa shape index (κ2) is 6.84. The number of aromatic nitrogens is 2. The van der Waals surface area contributed by atoms with Crippen LogP contribution in [0.4, 0.5) is 13.2 Å². The summed E-state index contributed by atoms with van der Waals surface area (Å²) in [5.74, 6) is 0.165. The molecule has 9 heteroatoms. The van der Waals surface area contributed by atoms with Crippen LogP contribution < -0.4 is 4.72 Å². The molecular formula is C17H22F3N3O2S. The number of H-pyrrole nitrogens is 1. The van der Waals surface area contributed by atoms with Crippen molar-refractivity contribution in [2.75, 3.05) is 0 Å². The van der Waals surface area contributed by atoms with Gasteiger partial charge in [-0.05, 0) is 63.6 Å². The maximum absolute atomic E-state index is 12.8. The highest BCUT2D eigenvalue weighted by atomic mass is 32.2. The number of hydrogen-bond acceptors (Lipinski definition) is 3. The van der Waals surface area contributed by atoms with E-state index < -0.39 is 27.1 Å². The van der Waals surface area contributed by atoms with Crippen molar-refractivity contribution in [1.29, 1.82) is 0 Å². The van der Waals surface area contributed by atoms with Crippen LogP contribution in [-0.2, 0) is 16.2 Å². The molecule has 3 rings (SSSR count). The first-order valence-corrected chi connectivity index (χ1v) is 10.2. The largest absolute Gasteiger partial charge is 0.433 e. The summed E-state index contributed by atoms with van der Waals surface area (Å²) in [4.78, 5) is 6.85. The summed E-state index contributed by atoms with van der Waals surface area (Å²) in [6.07, 6.45) is -1.52. The van der Waals surface area contributed by atoms with E-state index in [1.165, 1.54) is 6.07 Å². The number of fused-ring (bicyclic) bond motifs is 1. The minimum absolute atomic E-state index is 0.0852. The number of nitrogens with zero attached hydrogens (tertiary/aromatic N) is 1. The van der Waals surface area contributed by atoms with Gasteiger partial charge in [0, 0.05) is 11.7 Å². The molecule has 2 aromatic heterocycles. The van der Waals surface area contributed by atoms with Crippen molar-refractivity contribution in [2.24, 2.45) is 0 Å². The fourth-order valence-electron chi connectivity index (χ4n) is 3.30. The summed E-state index contributed by atoms with van der Waals surface area (Å²) in [6.45, 7) is 3.28. The molecule has 0 atom stereocenters. The van der Waals surface area contributed by atoms with Gasteiger partial charge in [0.25, 0.3) is 0 Å². The topological polar surface area (TPSA) is 74.8 Å². The molecule has 0 bridgehead atoms. The van der Waals surface area contributed by atoms with E-state index in [4.69, 9.17) is 0 Å². The lowest BCUT2D eigenvalue weighted by atomic mass is 9.84. The highest BCUT2D eigenvalue weighted by Crippen LogP contribution is 2.35. The van der Waals surface area contributed by atoms with Crippen molar-refractivity contribution in [3.63, 3.8) is 0 Å². The SMILES string of the molecule is CC(C)S(=O)(=O)N[C@H]1CC[C@H](c2cc3nc(C(F)(F)F)ccc3[nH]2)CC1. The second-order valence-corrected chi connectivity index (χ2v) is 9.38. The molecule has 1 aliphatic carbocycles. The first kappa shape index (κ1) is 19.2. The van der Waals surface area contributed by atoms with Gasteiger partial charge in [0.15, 0.2) is 0 Å². The van der Waals surface area contributed by atoms with Crippen LogP contribution in [0.15, 0.2) is 18.2 Å². The van der Waals surface area contributed by atoms with Gasteiger partial charge >= 0.3 is 6.18 Å². The molecule has 2 heterocycles. The van der Waals surface area contributed by atoms with E-state index in [0.29, 0.717) is 23.9 Å². The van der Waals surface area contributed by atoms with Gasteiger partial charge in [-0.2, -0.15) is 13.2 Å². The lowest BCUT2D eigenvalue weighted by Crippen LogP contribution is -2.40. The number of nitrogens with one attached hydrogen (secondary N) is 2. The molecule has 0 spiro atoms. The number of rotatable bonds is 4. The molecule has 1 saturated carbocycles. The number of aromatic amines is 1. The predicted octanol–water partition coefficient (Wildman–Crippen LogP) is 3.94. The predicted molar refractivity (Wildman–Crippen MR) is 93.3 cm³/mol. The maximum Gasteiger partial charge on any atom is 0.433 e. The fourth-order valence-corrected chi connectivity index (χ4v) is 4.27. The number of hydrogen-bond donors (Lipinski definition) is 2. The quantitative estimate of drug-likeness (QED) is 0.832. The van der Waals surface area contributed by atoms with Crippen molar-refractivity contribution < 1.29 is 21.6 Å². The van der Waals surface area contributed by atoms with Crippen molar-refractivity contribution in [2.45, 2.75) is 62.9 Å². The second-order valence-electron chi connectivity index (χ2n) is 7.11. The average Bonchev–Trinajstić information content (AvgIpc) is 2.97. The lowest BCUT2D eigenvalue weighted by molar-refractivity contribution is -0.140. The van der Waals surface area contributed by atoms with Crippen LogP contribution in [0.2, 0.25) is 0 Å². The number of halogens is 3. The summed E-state index contributed by atoms with van der Waals surface area (Å²) in [5.41, 5.74) is 0.840. The first-order valence-electron chi connectivity index (χ1n) is 8.64. The monoisotopic (exact) mass is 389 g/mol. The molecule has 144 valence electrons. The molecule has 0 amide bonds. The number of alkyl halides is 3. The molecule has 5 nitrogen and oxygen atoms in total. The Morgan fingerprint density at radius 3 is 2.42 bits per heavy atom. The van der Waals surface area contributed by atoms with Gasteiger partial charge in [0.05, 0.1) is 16.3 Å². The van der Waals surface area contributed by atoms with E-state index in [9.17, 15) is 21.6 Å². The van der Waals surface area contributed by atoms with Gasteiger partial charge in [-0.25, -0.2) is 18.1 Å². The third kappa shape index (κ3) is 4.03. The third-order valence-electron chi connectivity index (χ3n) is 4.90. The third-order valence-corrected chi connectivity index (χ3v) is 6.81. The van der Waals surface area contributed by atoms with Crippen molar-refractivity contribution >= 4 is 21.1 Å². The Labute approximate surface area is 150 Å².